The Morgan fingerprint density at radius 3 is 2.87 bits per heavy atom. The van der Waals surface area contributed by atoms with Crippen LogP contribution in [0.15, 0.2) is 42.1 Å². The Labute approximate surface area is 136 Å². The molecule has 0 unspecified atom stereocenters. The van der Waals surface area contributed by atoms with E-state index in [1.165, 1.54) is 22.0 Å². The van der Waals surface area contributed by atoms with Gasteiger partial charge in [-0.2, -0.15) is 0 Å². The first-order valence-corrected chi connectivity index (χ1v) is 8.56. The summed E-state index contributed by atoms with van der Waals surface area (Å²) in [7, 11) is 0. The zero-order valence-electron chi connectivity index (χ0n) is 13.4. The van der Waals surface area contributed by atoms with E-state index in [4.69, 9.17) is 9.47 Å². The molecule has 2 aliphatic rings. The van der Waals surface area contributed by atoms with Crippen LogP contribution in [0.3, 0.4) is 0 Å². The number of nitrogens with one attached hydrogen (secondary N) is 2. The molecule has 0 radical (unpaired) electrons. The average Bonchev–Trinajstić information content (AvgIpc) is 3.21. The van der Waals surface area contributed by atoms with Crippen LogP contribution in [-0.4, -0.2) is 37.1 Å². The highest BCUT2D eigenvalue weighted by atomic mass is 16.7. The van der Waals surface area contributed by atoms with Crippen molar-refractivity contribution in [2.24, 2.45) is 0 Å². The molecule has 2 aromatic rings. The SMILES string of the molecule is C1=C(CNCCc2c[nH]c3ccccc23)CCC2(C1)OCCO2. The van der Waals surface area contributed by atoms with E-state index < -0.39 is 0 Å². The van der Waals surface area contributed by atoms with E-state index >= 15 is 0 Å². The molecule has 0 atom stereocenters. The van der Waals surface area contributed by atoms with Crippen molar-refractivity contribution >= 4 is 10.9 Å². The minimum Gasteiger partial charge on any atom is -0.361 e. The summed E-state index contributed by atoms with van der Waals surface area (Å²) in [6.07, 6.45) is 8.43. The molecular weight excluding hydrogens is 288 g/mol. The monoisotopic (exact) mass is 312 g/mol. The molecule has 1 spiro atoms. The number of H-pyrrole nitrogens is 1. The fraction of sp³-hybridized carbons (Fsp3) is 0.474. The van der Waals surface area contributed by atoms with Crippen molar-refractivity contribution in [2.75, 3.05) is 26.3 Å². The van der Waals surface area contributed by atoms with Crippen LogP contribution in [0.1, 0.15) is 24.8 Å². The number of para-hydroxylation sites is 1. The minimum atomic E-state index is -0.298. The van der Waals surface area contributed by atoms with Gasteiger partial charge in [0.1, 0.15) is 0 Å². The number of aromatic amines is 1. The van der Waals surface area contributed by atoms with Crippen LogP contribution in [0.25, 0.3) is 10.9 Å². The van der Waals surface area contributed by atoms with Gasteiger partial charge < -0.3 is 19.8 Å². The summed E-state index contributed by atoms with van der Waals surface area (Å²) in [4.78, 5) is 3.34. The number of hydrogen-bond acceptors (Lipinski definition) is 3. The van der Waals surface area contributed by atoms with Crippen molar-refractivity contribution in [1.29, 1.82) is 0 Å². The second-order valence-corrected chi connectivity index (χ2v) is 6.46. The van der Waals surface area contributed by atoms with Gasteiger partial charge in [0.2, 0.25) is 0 Å². The molecule has 1 aliphatic heterocycles. The van der Waals surface area contributed by atoms with Crippen molar-refractivity contribution in [3.8, 4) is 0 Å². The van der Waals surface area contributed by atoms with Gasteiger partial charge in [-0.1, -0.05) is 29.8 Å². The average molecular weight is 312 g/mol. The Bertz CT molecular complexity index is 698. The summed E-state index contributed by atoms with van der Waals surface area (Å²) in [5.41, 5.74) is 4.09. The number of aromatic nitrogens is 1. The van der Waals surface area contributed by atoms with Crippen LogP contribution < -0.4 is 5.32 Å². The molecule has 1 fully saturated rings. The van der Waals surface area contributed by atoms with E-state index in [9.17, 15) is 0 Å². The molecule has 1 aromatic heterocycles. The highest BCUT2D eigenvalue weighted by molar-refractivity contribution is 5.83. The highest BCUT2D eigenvalue weighted by Gasteiger charge is 2.37. The lowest BCUT2D eigenvalue weighted by Crippen LogP contribution is -2.33. The zero-order chi connectivity index (χ0) is 15.5. The highest BCUT2D eigenvalue weighted by Crippen LogP contribution is 2.34. The third-order valence-corrected chi connectivity index (χ3v) is 4.94. The molecule has 1 saturated heterocycles. The summed E-state index contributed by atoms with van der Waals surface area (Å²) in [6.45, 7) is 3.45. The van der Waals surface area contributed by atoms with Gasteiger partial charge >= 0.3 is 0 Å². The third kappa shape index (κ3) is 3.20. The molecule has 0 bridgehead atoms. The standard InChI is InChI=1S/C19H24N2O2/c1-2-4-18-17(3-1)16(14-21-18)7-10-20-13-15-5-8-19(9-6-15)22-11-12-23-19/h1-5,14,20-21H,6-13H2. The number of fused-ring (bicyclic) bond motifs is 1. The maximum atomic E-state index is 5.75. The Balaban J connectivity index is 1.25. The first-order valence-electron chi connectivity index (χ1n) is 8.56. The van der Waals surface area contributed by atoms with Gasteiger partial charge in [-0.05, 0) is 31.0 Å². The maximum absolute atomic E-state index is 5.75. The zero-order valence-corrected chi connectivity index (χ0v) is 13.4. The second-order valence-electron chi connectivity index (χ2n) is 6.46. The molecule has 4 heteroatoms. The maximum Gasteiger partial charge on any atom is 0.172 e. The topological polar surface area (TPSA) is 46.3 Å². The van der Waals surface area contributed by atoms with Crippen LogP contribution in [-0.2, 0) is 15.9 Å². The minimum absolute atomic E-state index is 0.298. The lowest BCUT2D eigenvalue weighted by molar-refractivity contribution is -0.161. The van der Waals surface area contributed by atoms with Gasteiger partial charge in [0, 0.05) is 36.5 Å². The Morgan fingerprint density at radius 1 is 1.17 bits per heavy atom. The quantitative estimate of drug-likeness (QED) is 0.658. The molecule has 122 valence electrons. The Hall–Kier alpha value is -1.62. The van der Waals surface area contributed by atoms with Gasteiger partial charge in [-0.25, -0.2) is 0 Å². The summed E-state index contributed by atoms with van der Waals surface area (Å²) in [5.74, 6) is -0.298. The van der Waals surface area contributed by atoms with Crippen molar-refractivity contribution in [1.82, 2.24) is 10.3 Å². The third-order valence-electron chi connectivity index (χ3n) is 4.94. The van der Waals surface area contributed by atoms with Crippen LogP contribution in [0, 0.1) is 0 Å². The molecule has 4 rings (SSSR count). The molecule has 1 aromatic carbocycles. The first kappa shape index (κ1) is 14.9. The second kappa shape index (κ2) is 6.48. The summed E-state index contributed by atoms with van der Waals surface area (Å²) < 4.78 is 11.5. The van der Waals surface area contributed by atoms with E-state index in [0.717, 1.165) is 52.0 Å². The van der Waals surface area contributed by atoms with Crippen LogP contribution in [0.4, 0.5) is 0 Å². The van der Waals surface area contributed by atoms with Crippen LogP contribution in [0.5, 0.6) is 0 Å². The molecule has 0 amide bonds. The fourth-order valence-corrected chi connectivity index (χ4v) is 3.59. The predicted octanol–water partition coefficient (Wildman–Crippen LogP) is 3.15. The van der Waals surface area contributed by atoms with Gasteiger partial charge in [0.05, 0.1) is 13.2 Å². The smallest absolute Gasteiger partial charge is 0.172 e. The molecule has 1 aliphatic carbocycles. The van der Waals surface area contributed by atoms with Gasteiger partial charge in [0.15, 0.2) is 5.79 Å². The van der Waals surface area contributed by atoms with Crippen molar-refractivity contribution < 1.29 is 9.47 Å². The van der Waals surface area contributed by atoms with Crippen molar-refractivity contribution in [3.63, 3.8) is 0 Å². The van der Waals surface area contributed by atoms with Gasteiger partial charge in [-0.15, -0.1) is 0 Å². The Morgan fingerprint density at radius 2 is 2.04 bits per heavy atom. The van der Waals surface area contributed by atoms with Gasteiger partial charge in [-0.3, -0.25) is 0 Å². The Kier molecular flexibility index (Phi) is 4.21. The number of hydrogen-bond donors (Lipinski definition) is 2. The predicted molar refractivity (Wildman–Crippen MR) is 91.4 cm³/mol. The van der Waals surface area contributed by atoms with E-state index in [1.54, 1.807) is 0 Å². The first-order chi connectivity index (χ1) is 11.3. The number of rotatable bonds is 5. The van der Waals surface area contributed by atoms with Crippen molar-refractivity contribution in [3.05, 3.63) is 47.7 Å². The fourth-order valence-electron chi connectivity index (χ4n) is 3.59. The van der Waals surface area contributed by atoms with E-state index in [2.05, 4.69) is 46.8 Å². The number of ether oxygens (including phenoxy) is 2. The molecule has 4 nitrogen and oxygen atoms in total. The van der Waals surface area contributed by atoms with Gasteiger partial charge in [0.25, 0.3) is 0 Å². The molecule has 0 saturated carbocycles. The van der Waals surface area contributed by atoms with E-state index in [1.807, 2.05) is 0 Å². The lowest BCUT2D eigenvalue weighted by atomic mass is 9.94. The molecule has 23 heavy (non-hydrogen) atoms. The largest absolute Gasteiger partial charge is 0.361 e. The van der Waals surface area contributed by atoms with Crippen LogP contribution in [0.2, 0.25) is 0 Å². The molecule has 2 N–H and O–H groups in total. The van der Waals surface area contributed by atoms with E-state index in [-0.39, 0.29) is 5.79 Å². The lowest BCUT2D eigenvalue weighted by Gasteiger charge is -2.30. The molecule has 2 heterocycles. The number of benzene rings is 1. The molecular formula is C19H24N2O2. The normalized spacial score (nSPS) is 20.3. The van der Waals surface area contributed by atoms with E-state index in [0.29, 0.717) is 0 Å². The summed E-state index contributed by atoms with van der Waals surface area (Å²) in [6, 6.07) is 8.48. The van der Waals surface area contributed by atoms with Crippen LogP contribution >= 0.6 is 0 Å². The summed E-state index contributed by atoms with van der Waals surface area (Å²) in [5, 5.41) is 4.91. The summed E-state index contributed by atoms with van der Waals surface area (Å²) >= 11 is 0. The van der Waals surface area contributed by atoms with Crippen molar-refractivity contribution in [2.45, 2.75) is 31.5 Å².